The van der Waals surface area contributed by atoms with Gasteiger partial charge in [0.25, 0.3) is 0 Å². The third-order valence-electron chi connectivity index (χ3n) is 2.71. The molecule has 0 unspecified atom stereocenters. The summed E-state index contributed by atoms with van der Waals surface area (Å²) >= 11 is 5.00. The summed E-state index contributed by atoms with van der Waals surface area (Å²) in [6, 6.07) is 10.1. The summed E-state index contributed by atoms with van der Waals surface area (Å²) in [6.07, 6.45) is 0.883. The highest BCUT2D eigenvalue weighted by Gasteiger charge is 2.10. The molecule has 4 heteroatoms. The maximum atomic E-state index is 9.79. The lowest BCUT2D eigenvalue weighted by Gasteiger charge is -1.92. The molecular formula is C16H12OS3. The van der Waals surface area contributed by atoms with Gasteiger partial charge in [-0.2, -0.15) is 0 Å². The highest BCUT2D eigenvalue weighted by Crippen LogP contribution is 2.42. The van der Waals surface area contributed by atoms with Crippen molar-refractivity contribution in [3.63, 3.8) is 0 Å². The van der Waals surface area contributed by atoms with Gasteiger partial charge in [-0.25, -0.2) is 0 Å². The van der Waals surface area contributed by atoms with Crippen LogP contribution >= 0.6 is 34.0 Å². The molecule has 0 atom stereocenters. The summed E-state index contributed by atoms with van der Waals surface area (Å²) in [5, 5.41) is 11.7. The molecule has 0 saturated heterocycles. The topological polar surface area (TPSA) is 20.2 Å². The van der Waals surface area contributed by atoms with Crippen molar-refractivity contribution in [1.29, 1.82) is 0 Å². The monoisotopic (exact) mass is 316 g/mol. The van der Waals surface area contributed by atoms with Gasteiger partial charge in [0.05, 0.1) is 9.75 Å². The second-order valence-electron chi connectivity index (χ2n) is 4.12. The van der Waals surface area contributed by atoms with Crippen LogP contribution < -0.4 is 0 Å². The SMILES string of the molecule is CCC#Cc1ccc(-c2ccc(-c3sccc3O)s2)s1. The Labute approximate surface area is 130 Å². The molecule has 3 aromatic heterocycles. The van der Waals surface area contributed by atoms with E-state index in [1.54, 1.807) is 40.1 Å². The van der Waals surface area contributed by atoms with Gasteiger partial charge in [-0.1, -0.05) is 18.8 Å². The predicted octanol–water partition coefficient (Wildman–Crippen LogP) is 5.67. The van der Waals surface area contributed by atoms with Gasteiger partial charge in [-0.15, -0.1) is 34.0 Å². The molecule has 100 valence electrons. The fourth-order valence-corrected chi connectivity index (χ4v) is 4.69. The maximum absolute atomic E-state index is 9.79. The van der Waals surface area contributed by atoms with Crippen molar-refractivity contribution in [2.45, 2.75) is 13.3 Å². The molecule has 0 aromatic carbocycles. The standard InChI is InChI=1S/C16H12OS3/c1-2-3-4-11-5-6-13(19-11)14-7-8-15(20-14)16-12(17)9-10-18-16/h5-10,17H,2H2,1H3. The minimum Gasteiger partial charge on any atom is -0.506 e. The van der Waals surface area contributed by atoms with Crippen molar-refractivity contribution in [3.05, 3.63) is 40.6 Å². The highest BCUT2D eigenvalue weighted by atomic mass is 32.1. The Hall–Kier alpha value is -1.54. The largest absolute Gasteiger partial charge is 0.506 e. The summed E-state index contributed by atoms with van der Waals surface area (Å²) < 4.78 is 0. The third-order valence-corrected chi connectivity index (χ3v) is 6.08. The van der Waals surface area contributed by atoms with Crippen LogP contribution in [0.2, 0.25) is 0 Å². The maximum Gasteiger partial charge on any atom is 0.134 e. The van der Waals surface area contributed by atoms with E-state index in [0.717, 1.165) is 21.1 Å². The first-order valence-corrected chi connectivity index (χ1v) is 8.75. The summed E-state index contributed by atoms with van der Waals surface area (Å²) in [6.45, 7) is 2.06. The van der Waals surface area contributed by atoms with Crippen LogP contribution in [0, 0.1) is 11.8 Å². The molecule has 0 fully saturated rings. The Morgan fingerprint density at radius 2 is 1.75 bits per heavy atom. The molecule has 20 heavy (non-hydrogen) atoms. The molecular weight excluding hydrogens is 304 g/mol. The molecule has 1 N–H and O–H groups in total. The molecule has 3 aromatic rings. The van der Waals surface area contributed by atoms with E-state index < -0.39 is 0 Å². The van der Waals surface area contributed by atoms with E-state index in [-0.39, 0.29) is 0 Å². The summed E-state index contributed by atoms with van der Waals surface area (Å²) in [5.41, 5.74) is 0. The summed E-state index contributed by atoms with van der Waals surface area (Å²) in [5.74, 6) is 6.62. The van der Waals surface area contributed by atoms with E-state index in [1.807, 2.05) is 5.38 Å². The molecule has 1 nitrogen and oxygen atoms in total. The van der Waals surface area contributed by atoms with Crippen molar-refractivity contribution >= 4 is 34.0 Å². The Morgan fingerprint density at radius 3 is 2.50 bits per heavy atom. The van der Waals surface area contributed by atoms with Crippen LogP contribution in [0.5, 0.6) is 5.75 Å². The van der Waals surface area contributed by atoms with Crippen LogP contribution in [0.25, 0.3) is 19.5 Å². The van der Waals surface area contributed by atoms with E-state index >= 15 is 0 Å². The van der Waals surface area contributed by atoms with Gasteiger partial charge in [0.1, 0.15) is 5.75 Å². The molecule has 0 bridgehead atoms. The normalized spacial score (nSPS) is 10.2. The number of hydrogen-bond acceptors (Lipinski definition) is 4. The third kappa shape index (κ3) is 2.66. The zero-order valence-electron chi connectivity index (χ0n) is 10.8. The average Bonchev–Trinajstić information content (AvgIpc) is 3.15. The first kappa shape index (κ1) is 13.4. The van der Waals surface area contributed by atoms with Crippen LogP contribution in [0.4, 0.5) is 0 Å². The number of aromatic hydroxyl groups is 1. The molecule has 0 spiro atoms. The summed E-state index contributed by atoms with van der Waals surface area (Å²) in [4.78, 5) is 5.63. The van der Waals surface area contributed by atoms with E-state index in [9.17, 15) is 5.11 Å². The average molecular weight is 316 g/mol. The molecule has 0 radical (unpaired) electrons. The Balaban J connectivity index is 1.90. The Morgan fingerprint density at radius 1 is 1.00 bits per heavy atom. The number of hydrogen-bond donors (Lipinski definition) is 1. The Bertz CT molecular complexity index is 780. The van der Waals surface area contributed by atoms with Crippen molar-refractivity contribution in [2.24, 2.45) is 0 Å². The lowest BCUT2D eigenvalue weighted by Crippen LogP contribution is -1.61. The van der Waals surface area contributed by atoms with E-state index in [2.05, 4.69) is 43.0 Å². The smallest absolute Gasteiger partial charge is 0.134 e. The van der Waals surface area contributed by atoms with Crippen LogP contribution in [-0.2, 0) is 0 Å². The van der Waals surface area contributed by atoms with E-state index in [0.29, 0.717) is 5.75 Å². The van der Waals surface area contributed by atoms with Gasteiger partial charge in [-0.3, -0.25) is 0 Å². The zero-order chi connectivity index (χ0) is 13.9. The van der Waals surface area contributed by atoms with Gasteiger partial charge in [0, 0.05) is 21.1 Å². The van der Waals surface area contributed by atoms with Crippen molar-refractivity contribution in [2.75, 3.05) is 0 Å². The summed E-state index contributed by atoms with van der Waals surface area (Å²) in [7, 11) is 0. The molecule has 0 aliphatic rings. The van der Waals surface area contributed by atoms with Gasteiger partial charge in [0.2, 0.25) is 0 Å². The minimum atomic E-state index is 0.365. The lowest BCUT2D eigenvalue weighted by molar-refractivity contribution is 0.480. The molecule has 3 heterocycles. The minimum absolute atomic E-state index is 0.365. The van der Waals surface area contributed by atoms with Crippen LogP contribution in [0.15, 0.2) is 35.7 Å². The van der Waals surface area contributed by atoms with E-state index in [4.69, 9.17) is 0 Å². The molecule has 0 aliphatic carbocycles. The van der Waals surface area contributed by atoms with Crippen molar-refractivity contribution in [3.8, 4) is 37.1 Å². The van der Waals surface area contributed by atoms with Crippen molar-refractivity contribution in [1.82, 2.24) is 0 Å². The first-order valence-electron chi connectivity index (χ1n) is 6.23. The fourth-order valence-electron chi connectivity index (χ4n) is 1.79. The molecule has 0 saturated carbocycles. The van der Waals surface area contributed by atoms with E-state index in [1.165, 1.54) is 9.75 Å². The van der Waals surface area contributed by atoms with Crippen LogP contribution in [-0.4, -0.2) is 5.11 Å². The highest BCUT2D eigenvalue weighted by molar-refractivity contribution is 7.26. The van der Waals surface area contributed by atoms with Crippen LogP contribution in [0.3, 0.4) is 0 Å². The van der Waals surface area contributed by atoms with Gasteiger partial charge < -0.3 is 5.11 Å². The predicted molar refractivity (Wildman–Crippen MR) is 89.8 cm³/mol. The lowest BCUT2D eigenvalue weighted by atomic mass is 10.3. The molecule has 3 rings (SSSR count). The number of thiophene rings is 3. The Kier molecular flexibility index (Phi) is 3.93. The second-order valence-corrected chi connectivity index (χ2v) is 7.20. The number of rotatable bonds is 2. The molecule has 0 amide bonds. The van der Waals surface area contributed by atoms with Gasteiger partial charge >= 0.3 is 0 Å². The van der Waals surface area contributed by atoms with Crippen LogP contribution in [0.1, 0.15) is 18.2 Å². The fraction of sp³-hybridized carbons (Fsp3) is 0.125. The molecule has 0 aliphatic heterocycles. The van der Waals surface area contributed by atoms with Crippen molar-refractivity contribution < 1.29 is 5.11 Å². The van der Waals surface area contributed by atoms with Gasteiger partial charge in [-0.05, 0) is 35.7 Å². The van der Waals surface area contributed by atoms with Gasteiger partial charge in [0.15, 0.2) is 0 Å². The quantitative estimate of drug-likeness (QED) is 0.604. The first-order chi connectivity index (χ1) is 9.78. The zero-order valence-corrected chi connectivity index (χ0v) is 13.3. The second kappa shape index (κ2) is 5.84.